The van der Waals surface area contributed by atoms with Crippen LogP contribution in [-0.2, 0) is 14.4 Å². The van der Waals surface area contributed by atoms with Crippen molar-refractivity contribution in [2.75, 3.05) is 13.1 Å². The Balaban J connectivity index is 4.09. The van der Waals surface area contributed by atoms with Crippen LogP contribution in [0.2, 0.25) is 0 Å². The molecule has 0 saturated carbocycles. The van der Waals surface area contributed by atoms with Gasteiger partial charge >= 0.3 is 5.97 Å². The Labute approximate surface area is 120 Å². The first-order chi connectivity index (χ1) is 9.41. The fourth-order valence-electron chi connectivity index (χ4n) is 1.93. The molecule has 0 aromatic heterocycles. The molecule has 6 nitrogen and oxygen atoms in total. The number of carbonyl (C=O) groups excluding carboxylic acids is 2. The first-order valence-corrected chi connectivity index (χ1v) is 7.18. The van der Waals surface area contributed by atoms with Crippen LogP contribution in [0, 0.1) is 5.41 Å². The van der Waals surface area contributed by atoms with E-state index in [1.165, 1.54) is 0 Å². The van der Waals surface area contributed by atoms with Crippen molar-refractivity contribution in [1.82, 2.24) is 10.6 Å². The van der Waals surface area contributed by atoms with Gasteiger partial charge in [-0.2, -0.15) is 0 Å². The normalized spacial score (nSPS) is 10.9. The molecule has 0 spiro atoms. The van der Waals surface area contributed by atoms with Crippen molar-refractivity contribution in [2.45, 2.75) is 52.9 Å². The maximum Gasteiger partial charge on any atom is 0.311 e. The molecule has 0 aliphatic heterocycles. The van der Waals surface area contributed by atoms with Crippen LogP contribution in [0.3, 0.4) is 0 Å². The number of amides is 2. The highest BCUT2D eigenvalue weighted by Gasteiger charge is 2.34. The second-order valence-electron chi connectivity index (χ2n) is 4.88. The minimum absolute atomic E-state index is 0.0673. The number of carboxylic acid groups (broad SMARTS) is 1. The lowest BCUT2D eigenvalue weighted by atomic mass is 9.82. The van der Waals surface area contributed by atoms with Gasteiger partial charge in [0, 0.05) is 25.9 Å². The maximum absolute atomic E-state index is 11.6. The summed E-state index contributed by atoms with van der Waals surface area (Å²) < 4.78 is 0. The molecule has 0 saturated heterocycles. The van der Waals surface area contributed by atoms with Gasteiger partial charge in [0.15, 0.2) is 0 Å². The monoisotopic (exact) mass is 286 g/mol. The number of hydrogen-bond donors (Lipinski definition) is 3. The minimum Gasteiger partial charge on any atom is -0.481 e. The zero-order chi connectivity index (χ0) is 15.6. The molecule has 0 aromatic rings. The Kier molecular flexibility index (Phi) is 8.59. The van der Waals surface area contributed by atoms with Gasteiger partial charge in [0.05, 0.1) is 5.41 Å². The number of rotatable bonds is 10. The second kappa shape index (κ2) is 9.34. The van der Waals surface area contributed by atoms with Crippen LogP contribution >= 0.6 is 0 Å². The van der Waals surface area contributed by atoms with Crippen molar-refractivity contribution in [3.8, 4) is 0 Å². The van der Waals surface area contributed by atoms with E-state index in [1.807, 2.05) is 6.92 Å². The summed E-state index contributed by atoms with van der Waals surface area (Å²) in [4.78, 5) is 34.1. The van der Waals surface area contributed by atoms with E-state index in [0.717, 1.165) is 0 Å². The molecular formula is C14H26N2O4. The van der Waals surface area contributed by atoms with E-state index in [1.54, 1.807) is 13.8 Å². The third-order valence-electron chi connectivity index (χ3n) is 3.61. The number of nitrogens with one attached hydrogen (secondary N) is 2. The minimum atomic E-state index is -0.894. The second-order valence-corrected chi connectivity index (χ2v) is 4.88. The van der Waals surface area contributed by atoms with E-state index in [9.17, 15) is 19.5 Å². The molecule has 0 bridgehead atoms. The van der Waals surface area contributed by atoms with Crippen molar-refractivity contribution in [3.63, 3.8) is 0 Å². The molecule has 0 rings (SSSR count). The summed E-state index contributed by atoms with van der Waals surface area (Å²) in [6.07, 6.45) is 1.96. The molecule has 0 fully saturated rings. The highest BCUT2D eigenvalue weighted by atomic mass is 16.4. The van der Waals surface area contributed by atoms with Crippen LogP contribution in [0.4, 0.5) is 0 Å². The van der Waals surface area contributed by atoms with Gasteiger partial charge < -0.3 is 15.7 Å². The molecule has 6 heteroatoms. The van der Waals surface area contributed by atoms with E-state index in [2.05, 4.69) is 10.6 Å². The lowest BCUT2D eigenvalue weighted by Crippen LogP contribution is -2.42. The molecule has 0 unspecified atom stereocenters. The summed E-state index contributed by atoms with van der Waals surface area (Å²) in [7, 11) is 0. The van der Waals surface area contributed by atoms with Gasteiger partial charge in [-0.25, -0.2) is 0 Å². The van der Waals surface area contributed by atoms with Crippen molar-refractivity contribution >= 4 is 17.8 Å². The zero-order valence-electron chi connectivity index (χ0n) is 12.6. The topological polar surface area (TPSA) is 95.5 Å². The van der Waals surface area contributed by atoms with Crippen LogP contribution in [0.1, 0.15) is 52.9 Å². The fraction of sp³-hybridized carbons (Fsp3) is 0.786. The van der Waals surface area contributed by atoms with E-state index in [0.29, 0.717) is 32.2 Å². The van der Waals surface area contributed by atoms with Gasteiger partial charge in [-0.1, -0.05) is 13.8 Å². The zero-order valence-corrected chi connectivity index (χ0v) is 12.6. The first kappa shape index (κ1) is 18.4. The van der Waals surface area contributed by atoms with Gasteiger partial charge in [-0.15, -0.1) is 0 Å². The van der Waals surface area contributed by atoms with Gasteiger partial charge in [0.25, 0.3) is 0 Å². The van der Waals surface area contributed by atoms with Crippen LogP contribution in [0.5, 0.6) is 0 Å². The van der Waals surface area contributed by atoms with Crippen molar-refractivity contribution in [3.05, 3.63) is 0 Å². The van der Waals surface area contributed by atoms with Crippen molar-refractivity contribution < 1.29 is 19.5 Å². The molecule has 0 aliphatic rings. The van der Waals surface area contributed by atoms with Gasteiger partial charge in [-0.3, -0.25) is 14.4 Å². The summed E-state index contributed by atoms with van der Waals surface area (Å²) in [6, 6.07) is 0. The maximum atomic E-state index is 11.6. The highest BCUT2D eigenvalue weighted by Crippen LogP contribution is 2.25. The fourth-order valence-corrected chi connectivity index (χ4v) is 1.93. The average molecular weight is 286 g/mol. The van der Waals surface area contributed by atoms with Gasteiger partial charge in [0.2, 0.25) is 11.8 Å². The molecule has 20 heavy (non-hydrogen) atoms. The molecule has 0 atom stereocenters. The Hall–Kier alpha value is -1.59. The van der Waals surface area contributed by atoms with E-state index < -0.39 is 11.4 Å². The Morgan fingerprint density at radius 2 is 1.45 bits per heavy atom. The number of aliphatic carboxylic acids is 1. The molecule has 0 heterocycles. The van der Waals surface area contributed by atoms with E-state index >= 15 is 0 Å². The molecule has 0 aliphatic carbocycles. The van der Waals surface area contributed by atoms with Crippen LogP contribution in [0.15, 0.2) is 0 Å². The number of carboxylic acids is 1. The summed E-state index contributed by atoms with van der Waals surface area (Å²) in [6.45, 7) is 6.16. The van der Waals surface area contributed by atoms with E-state index in [-0.39, 0.29) is 24.8 Å². The molecule has 2 amide bonds. The number of hydrogen-bond acceptors (Lipinski definition) is 3. The quantitative estimate of drug-likeness (QED) is 0.564. The van der Waals surface area contributed by atoms with Crippen molar-refractivity contribution in [2.24, 2.45) is 5.41 Å². The Bertz CT molecular complexity index is 338. The molecule has 3 N–H and O–H groups in total. The largest absolute Gasteiger partial charge is 0.481 e. The average Bonchev–Trinajstić information content (AvgIpc) is 2.40. The first-order valence-electron chi connectivity index (χ1n) is 7.18. The third kappa shape index (κ3) is 6.04. The summed E-state index contributed by atoms with van der Waals surface area (Å²) in [5, 5.41) is 14.6. The van der Waals surface area contributed by atoms with E-state index in [4.69, 9.17) is 0 Å². The molecule has 0 radical (unpaired) electrons. The van der Waals surface area contributed by atoms with Crippen LogP contribution < -0.4 is 10.6 Å². The smallest absolute Gasteiger partial charge is 0.311 e. The number of carbonyl (C=O) groups is 3. The Morgan fingerprint density at radius 3 is 1.85 bits per heavy atom. The molecule has 116 valence electrons. The lowest BCUT2D eigenvalue weighted by molar-refractivity contribution is -0.149. The third-order valence-corrected chi connectivity index (χ3v) is 3.61. The summed E-state index contributed by atoms with van der Waals surface area (Å²) in [5.41, 5.74) is -0.894. The van der Waals surface area contributed by atoms with Gasteiger partial charge in [-0.05, 0) is 26.2 Å². The summed E-state index contributed by atoms with van der Waals surface area (Å²) in [5.74, 6) is -1.16. The standard InChI is InChI=1S/C14H26N2O4/c1-4-14(5-2,13(19)20)10-16-12(18)9-7-8-11(17)15-6-3/h4-10H2,1-3H3,(H,15,17)(H,16,18)(H,19,20). The lowest BCUT2D eigenvalue weighted by Gasteiger charge is -2.26. The Morgan fingerprint density at radius 1 is 0.950 bits per heavy atom. The van der Waals surface area contributed by atoms with Crippen LogP contribution in [-0.4, -0.2) is 36.0 Å². The van der Waals surface area contributed by atoms with Crippen LogP contribution in [0.25, 0.3) is 0 Å². The molecular weight excluding hydrogens is 260 g/mol. The summed E-state index contributed by atoms with van der Waals surface area (Å²) >= 11 is 0. The predicted molar refractivity (Wildman–Crippen MR) is 76.2 cm³/mol. The van der Waals surface area contributed by atoms with Gasteiger partial charge in [0.1, 0.15) is 0 Å². The van der Waals surface area contributed by atoms with Crippen molar-refractivity contribution in [1.29, 1.82) is 0 Å². The highest BCUT2D eigenvalue weighted by molar-refractivity contribution is 5.80. The molecule has 0 aromatic carbocycles. The predicted octanol–water partition coefficient (Wildman–Crippen LogP) is 1.30. The SMILES string of the molecule is CCNC(=O)CCCC(=O)NCC(CC)(CC)C(=O)O.